The van der Waals surface area contributed by atoms with Crippen LogP contribution < -0.4 is 0 Å². The summed E-state index contributed by atoms with van der Waals surface area (Å²) in [5, 5.41) is 0. The van der Waals surface area contributed by atoms with E-state index in [2.05, 4.69) is 62.3 Å². The number of aryl methyl sites for hydroxylation is 1. The molecule has 0 spiro atoms. The minimum Gasteiger partial charge on any atom is -0.454 e. The molecule has 0 aromatic heterocycles. The summed E-state index contributed by atoms with van der Waals surface area (Å²) in [5.41, 5.74) is 2.79. The maximum Gasteiger partial charge on any atom is 0.187 e. The van der Waals surface area contributed by atoms with Gasteiger partial charge in [-0.25, -0.2) is 0 Å². The molecule has 0 N–H and O–H groups in total. The van der Waals surface area contributed by atoms with E-state index in [0.717, 1.165) is 18.9 Å². The number of nitrogens with zero attached hydrogens (tertiary/aromatic N) is 1. The fraction of sp³-hybridized carbons (Fsp3) is 0.571. The van der Waals surface area contributed by atoms with Crippen molar-refractivity contribution >= 4 is 16.6 Å². The van der Waals surface area contributed by atoms with E-state index in [1.54, 1.807) is 0 Å². The Kier molecular flexibility index (Phi) is 3.83. The second-order valence-electron chi connectivity index (χ2n) is 6.76. The van der Waals surface area contributed by atoms with Gasteiger partial charge in [0.05, 0.1) is 0 Å². The van der Waals surface area contributed by atoms with E-state index in [0.29, 0.717) is 0 Å². The van der Waals surface area contributed by atoms with Gasteiger partial charge < -0.3 is 4.12 Å². The van der Waals surface area contributed by atoms with E-state index in [1.807, 2.05) is 0 Å². The van der Waals surface area contributed by atoms with Crippen LogP contribution >= 0.6 is 0 Å². The van der Waals surface area contributed by atoms with E-state index in [9.17, 15) is 0 Å². The summed E-state index contributed by atoms with van der Waals surface area (Å²) < 4.78 is 6.39. The predicted molar refractivity (Wildman–Crippen MR) is 82.5 cm³/mol. The van der Waals surface area contributed by atoms with Crippen LogP contribution in [0.15, 0.2) is 24.3 Å². The average molecular weight is 280 g/mol. The third-order valence-electron chi connectivity index (χ3n) is 3.25. The summed E-state index contributed by atoms with van der Waals surface area (Å²) in [5.74, 6) is 0. The Morgan fingerprint density at radius 1 is 1.11 bits per heavy atom. The van der Waals surface area contributed by atoms with Crippen LogP contribution in [0, 0.1) is 6.92 Å². The third kappa shape index (κ3) is 3.78. The zero-order chi connectivity index (χ0) is 13.4. The zero-order valence-corrected chi connectivity index (χ0v) is 14.3. The van der Waals surface area contributed by atoms with Crippen molar-refractivity contribution in [1.29, 1.82) is 0 Å². The molecule has 1 fully saturated rings. The zero-order valence-electron chi connectivity index (χ0n) is 12.3. The average Bonchev–Trinajstić information content (AvgIpc) is 2.11. The Bertz CT molecular complexity index is 416. The highest BCUT2D eigenvalue weighted by Gasteiger charge is 2.41. The molecule has 0 unspecified atom stereocenters. The number of rotatable bonds is 2. The van der Waals surface area contributed by atoms with Gasteiger partial charge in [0.25, 0.3) is 0 Å². The standard InChI is InChI=1S/C14H25NOSi2/c1-13-7-6-8-14(9-13)10-15-11-17(2,3)16-18(4,5)12-15/h6-9H,10-12H2,1-5H3. The van der Waals surface area contributed by atoms with E-state index < -0.39 is 16.6 Å². The summed E-state index contributed by atoms with van der Waals surface area (Å²) in [6.45, 7) is 12.7. The number of hydrogen-bond acceptors (Lipinski definition) is 2. The van der Waals surface area contributed by atoms with Gasteiger partial charge in [-0.2, -0.15) is 0 Å². The van der Waals surface area contributed by atoms with Crippen molar-refractivity contribution in [2.24, 2.45) is 0 Å². The Hall–Kier alpha value is -0.426. The van der Waals surface area contributed by atoms with Crippen LogP contribution in [0.25, 0.3) is 0 Å². The molecule has 1 aliphatic heterocycles. The van der Waals surface area contributed by atoms with Gasteiger partial charge in [-0.1, -0.05) is 29.8 Å². The molecule has 1 aliphatic rings. The highest BCUT2D eigenvalue weighted by Crippen LogP contribution is 2.24. The van der Waals surface area contributed by atoms with Crippen molar-refractivity contribution in [2.45, 2.75) is 39.7 Å². The van der Waals surface area contributed by atoms with Gasteiger partial charge in [-0.05, 0) is 38.7 Å². The van der Waals surface area contributed by atoms with E-state index in [4.69, 9.17) is 4.12 Å². The lowest BCUT2D eigenvalue weighted by Crippen LogP contribution is -2.62. The molecule has 0 aliphatic carbocycles. The molecule has 1 aromatic carbocycles. The van der Waals surface area contributed by atoms with Crippen LogP contribution in [0.4, 0.5) is 0 Å². The van der Waals surface area contributed by atoms with Crippen molar-refractivity contribution in [3.8, 4) is 0 Å². The van der Waals surface area contributed by atoms with Crippen LogP contribution in [-0.4, -0.2) is 33.9 Å². The summed E-state index contributed by atoms with van der Waals surface area (Å²) in [6, 6.07) is 8.88. The molecule has 100 valence electrons. The molecule has 0 saturated carbocycles. The first-order valence-electron chi connectivity index (χ1n) is 6.74. The van der Waals surface area contributed by atoms with Gasteiger partial charge >= 0.3 is 0 Å². The molecule has 18 heavy (non-hydrogen) atoms. The summed E-state index contributed by atoms with van der Waals surface area (Å²) in [6.07, 6.45) is 2.33. The lowest BCUT2D eigenvalue weighted by atomic mass is 10.1. The van der Waals surface area contributed by atoms with Gasteiger partial charge in [0, 0.05) is 18.9 Å². The minimum atomic E-state index is -1.47. The van der Waals surface area contributed by atoms with Crippen LogP contribution in [0.5, 0.6) is 0 Å². The predicted octanol–water partition coefficient (Wildman–Crippen LogP) is 3.32. The molecule has 2 nitrogen and oxygen atoms in total. The van der Waals surface area contributed by atoms with Gasteiger partial charge in [-0.3, -0.25) is 4.90 Å². The second-order valence-corrected chi connectivity index (χ2v) is 15.2. The lowest BCUT2D eigenvalue weighted by Gasteiger charge is -2.45. The van der Waals surface area contributed by atoms with Crippen molar-refractivity contribution in [3.63, 3.8) is 0 Å². The highest BCUT2D eigenvalue weighted by atomic mass is 28.4. The molecule has 0 bridgehead atoms. The van der Waals surface area contributed by atoms with E-state index in [1.165, 1.54) is 11.1 Å². The molecule has 4 heteroatoms. The Labute approximate surface area is 113 Å². The van der Waals surface area contributed by atoms with Gasteiger partial charge in [0.15, 0.2) is 16.6 Å². The fourth-order valence-electron chi connectivity index (χ4n) is 3.13. The summed E-state index contributed by atoms with van der Waals surface area (Å²) >= 11 is 0. The quantitative estimate of drug-likeness (QED) is 0.770. The molecule has 1 aromatic rings. The molecule has 0 radical (unpaired) electrons. The topological polar surface area (TPSA) is 12.5 Å². The Morgan fingerprint density at radius 3 is 2.28 bits per heavy atom. The highest BCUT2D eigenvalue weighted by molar-refractivity contribution is 6.86. The third-order valence-corrected chi connectivity index (χ3v) is 10.1. The van der Waals surface area contributed by atoms with Crippen LogP contribution in [0.2, 0.25) is 26.2 Å². The summed E-state index contributed by atoms with van der Waals surface area (Å²) in [7, 11) is -2.94. The van der Waals surface area contributed by atoms with Gasteiger partial charge in [-0.15, -0.1) is 0 Å². The second kappa shape index (κ2) is 4.92. The molecule has 0 atom stereocenters. The summed E-state index contributed by atoms with van der Waals surface area (Å²) in [4.78, 5) is 2.62. The van der Waals surface area contributed by atoms with Crippen molar-refractivity contribution in [2.75, 3.05) is 12.3 Å². The SMILES string of the molecule is Cc1cccc(CN2C[Si](C)(C)O[Si](C)(C)C2)c1. The normalized spacial score (nSPS) is 22.9. The molecular formula is C14H25NOSi2. The molecule has 1 saturated heterocycles. The number of benzene rings is 1. The molecule has 1 heterocycles. The molecular weight excluding hydrogens is 254 g/mol. The maximum absolute atomic E-state index is 6.39. The van der Waals surface area contributed by atoms with Crippen molar-refractivity contribution in [1.82, 2.24) is 4.90 Å². The van der Waals surface area contributed by atoms with Gasteiger partial charge in [0.1, 0.15) is 0 Å². The molecule has 0 amide bonds. The van der Waals surface area contributed by atoms with E-state index in [-0.39, 0.29) is 0 Å². The molecule has 2 rings (SSSR count). The first-order valence-corrected chi connectivity index (χ1v) is 13.0. The van der Waals surface area contributed by atoms with Crippen molar-refractivity contribution < 1.29 is 4.12 Å². The first-order chi connectivity index (χ1) is 8.26. The first kappa shape index (κ1) is 14.0. The minimum absolute atomic E-state index is 1.08. The van der Waals surface area contributed by atoms with Crippen LogP contribution in [-0.2, 0) is 10.7 Å². The van der Waals surface area contributed by atoms with Crippen LogP contribution in [0.1, 0.15) is 11.1 Å². The Balaban J connectivity index is 2.09. The van der Waals surface area contributed by atoms with Gasteiger partial charge in [0.2, 0.25) is 0 Å². The number of hydrogen-bond donors (Lipinski definition) is 0. The fourth-order valence-corrected chi connectivity index (χ4v) is 12.5. The Morgan fingerprint density at radius 2 is 1.72 bits per heavy atom. The lowest BCUT2D eigenvalue weighted by molar-refractivity contribution is 0.291. The largest absolute Gasteiger partial charge is 0.454 e. The monoisotopic (exact) mass is 279 g/mol. The van der Waals surface area contributed by atoms with Crippen molar-refractivity contribution in [3.05, 3.63) is 35.4 Å². The van der Waals surface area contributed by atoms with Crippen LogP contribution in [0.3, 0.4) is 0 Å². The maximum atomic E-state index is 6.39. The van der Waals surface area contributed by atoms with E-state index >= 15 is 0 Å². The smallest absolute Gasteiger partial charge is 0.187 e.